The Labute approximate surface area is 186 Å². The largest absolute Gasteiger partial charge is 0.497 e. The summed E-state index contributed by atoms with van der Waals surface area (Å²) < 4.78 is 5.17. The molecule has 2 amide bonds. The van der Waals surface area contributed by atoms with Gasteiger partial charge in [0.05, 0.1) is 12.9 Å². The van der Waals surface area contributed by atoms with Crippen LogP contribution >= 0.6 is 11.8 Å². The van der Waals surface area contributed by atoms with Crippen molar-refractivity contribution in [3.63, 3.8) is 0 Å². The monoisotopic (exact) mass is 432 g/mol. The van der Waals surface area contributed by atoms with E-state index in [2.05, 4.69) is 11.4 Å². The van der Waals surface area contributed by atoms with Crippen molar-refractivity contribution in [3.05, 3.63) is 89.5 Å². The third-order valence-electron chi connectivity index (χ3n) is 5.23. The van der Waals surface area contributed by atoms with Gasteiger partial charge < -0.3 is 15.0 Å². The molecule has 1 N–H and O–H groups in total. The number of benzene rings is 3. The number of carbonyl (C=O) groups is 2. The van der Waals surface area contributed by atoms with E-state index >= 15 is 0 Å². The molecule has 4 rings (SSSR count). The highest BCUT2D eigenvalue weighted by molar-refractivity contribution is 8.00. The van der Waals surface area contributed by atoms with Gasteiger partial charge in [-0.15, -0.1) is 11.8 Å². The lowest BCUT2D eigenvalue weighted by molar-refractivity contribution is -0.118. The molecule has 0 unspecified atom stereocenters. The molecule has 31 heavy (non-hydrogen) atoms. The van der Waals surface area contributed by atoms with Gasteiger partial charge in [0.15, 0.2) is 0 Å². The van der Waals surface area contributed by atoms with E-state index in [0.29, 0.717) is 24.4 Å². The molecule has 0 saturated carbocycles. The van der Waals surface area contributed by atoms with Crippen molar-refractivity contribution in [1.82, 2.24) is 5.32 Å². The van der Waals surface area contributed by atoms with Crippen molar-refractivity contribution in [2.45, 2.75) is 17.9 Å². The first kappa shape index (κ1) is 21.0. The standard InChI is InChI=1S/C25H24N2O3S/c1-30-21-11-9-20(10-12-21)25(29)27-14-13-19-8-7-18(15-23(19)27)16-26-24(28)17-31-22-5-3-2-4-6-22/h2-12,15H,13-14,16-17H2,1H3,(H,26,28). The number of hydrogen-bond acceptors (Lipinski definition) is 4. The van der Waals surface area contributed by atoms with Crippen LogP contribution in [0.1, 0.15) is 21.5 Å². The Morgan fingerprint density at radius 2 is 1.81 bits per heavy atom. The van der Waals surface area contributed by atoms with Crippen molar-refractivity contribution in [2.24, 2.45) is 0 Å². The van der Waals surface area contributed by atoms with Crippen LogP contribution in [0.15, 0.2) is 77.7 Å². The van der Waals surface area contributed by atoms with Crippen LogP contribution in [-0.2, 0) is 17.8 Å². The zero-order chi connectivity index (χ0) is 21.6. The highest BCUT2D eigenvalue weighted by Gasteiger charge is 2.25. The van der Waals surface area contributed by atoms with Gasteiger partial charge >= 0.3 is 0 Å². The summed E-state index contributed by atoms with van der Waals surface area (Å²) in [7, 11) is 1.61. The molecule has 158 valence electrons. The molecule has 5 nitrogen and oxygen atoms in total. The molecule has 0 aliphatic carbocycles. The minimum Gasteiger partial charge on any atom is -0.497 e. The van der Waals surface area contributed by atoms with Crippen molar-refractivity contribution in [1.29, 1.82) is 0 Å². The van der Waals surface area contributed by atoms with E-state index in [1.807, 2.05) is 47.4 Å². The molecule has 0 atom stereocenters. The van der Waals surface area contributed by atoms with E-state index in [4.69, 9.17) is 4.74 Å². The third kappa shape index (κ3) is 5.09. The van der Waals surface area contributed by atoms with E-state index in [0.717, 1.165) is 33.9 Å². The Bertz CT molecular complexity index is 1070. The lowest BCUT2D eigenvalue weighted by atomic mass is 10.1. The van der Waals surface area contributed by atoms with Crippen LogP contribution in [0.25, 0.3) is 0 Å². The predicted molar refractivity (Wildman–Crippen MR) is 124 cm³/mol. The molecule has 0 saturated heterocycles. The Kier molecular flexibility index (Phi) is 6.57. The minimum atomic E-state index is -0.0261. The highest BCUT2D eigenvalue weighted by Crippen LogP contribution is 2.30. The van der Waals surface area contributed by atoms with E-state index < -0.39 is 0 Å². The maximum atomic E-state index is 13.0. The minimum absolute atomic E-state index is 0.0134. The van der Waals surface area contributed by atoms with Gasteiger partial charge in [0.2, 0.25) is 5.91 Å². The maximum absolute atomic E-state index is 13.0. The lowest BCUT2D eigenvalue weighted by Crippen LogP contribution is -2.29. The second-order valence-electron chi connectivity index (χ2n) is 7.28. The highest BCUT2D eigenvalue weighted by atomic mass is 32.2. The maximum Gasteiger partial charge on any atom is 0.258 e. The predicted octanol–water partition coefficient (Wildman–Crippen LogP) is 4.31. The van der Waals surface area contributed by atoms with Gasteiger partial charge in [0.1, 0.15) is 5.75 Å². The summed E-state index contributed by atoms with van der Waals surface area (Å²) in [5.41, 5.74) is 3.68. The van der Waals surface area contributed by atoms with Crippen molar-refractivity contribution in [2.75, 3.05) is 24.3 Å². The molecule has 0 fully saturated rings. The number of anilines is 1. The first-order valence-electron chi connectivity index (χ1n) is 10.2. The Morgan fingerprint density at radius 3 is 2.55 bits per heavy atom. The van der Waals surface area contributed by atoms with Crippen LogP contribution in [-0.4, -0.2) is 31.2 Å². The number of hydrogen-bond donors (Lipinski definition) is 1. The SMILES string of the molecule is COc1ccc(C(=O)N2CCc3ccc(CNC(=O)CSc4ccccc4)cc32)cc1. The quantitative estimate of drug-likeness (QED) is 0.566. The number of thioether (sulfide) groups is 1. The molecular formula is C25H24N2O3S. The second-order valence-corrected chi connectivity index (χ2v) is 8.33. The van der Waals surface area contributed by atoms with Crippen molar-refractivity contribution in [3.8, 4) is 5.75 Å². The first-order chi connectivity index (χ1) is 15.1. The summed E-state index contributed by atoms with van der Waals surface area (Å²) in [6.07, 6.45) is 0.831. The fourth-order valence-electron chi connectivity index (χ4n) is 3.55. The number of methoxy groups -OCH3 is 1. The molecule has 1 aliphatic heterocycles. The van der Waals surface area contributed by atoms with Crippen LogP contribution in [0.5, 0.6) is 5.75 Å². The first-order valence-corrected chi connectivity index (χ1v) is 11.1. The summed E-state index contributed by atoms with van der Waals surface area (Å²) >= 11 is 1.51. The van der Waals surface area contributed by atoms with Gasteiger partial charge in [-0.25, -0.2) is 0 Å². The van der Waals surface area contributed by atoms with Crippen LogP contribution in [0.2, 0.25) is 0 Å². The van der Waals surface area contributed by atoms with Crippen LogP contribution in [0.3, 0.4) is 0 Å². The van der Waals surface area contributed by atoms with Gasteiger partial charge in [-0.05, 0) is 60.0 Å². The fourth-order valence-corrected chi connectivity index (χ4v) is 4.30. The van der Waals surface area contributed by atoms with Gasteiger partial charge in [-0.1, -0.05) is 30.3 Å². The Hall–Kier alpha value is -3.25. The summed E-state index contributed by atoms with van der Waals surface area (Å²) in [6, 6.07) is 23.1. The third-order valence-corrected chi connectivity index (χ3v) is 6.24. The number of carbonyl (C=O) groups excluding carboxylic acids is 2. The van der Waals surface area contributed by atoms with Crippen LogP contribution < -0.4 is 15.0 Å². The topological polar surface area (TPSA) is 58.6 Å². The molecule has 3 aromatic carbocycles. The smallest absolute Gasteiger partial charge is 0.258 e. The van der Waals surface area contributed by atoms with Crippen LogP contribution in [0.4, 0.5) is 5.69 Å². The number of fused-ring (bicyclic) bond motifs is 1. The molecule has 3 aromatic rings. The van der Waals surface area contributed by atoms with E-state index in [1.54, 1.807) is 31.4 Å². The number of nitrogens with zero attached hydrogens (tertiary/aromatic N) is 1. The molecule has 1 heterocycles. The Morgan fingerprint density at radius 1 is 1.03 bits per heavy atom. The number of nitrogens with one attached hydrogen (secondary N) is 1. The fraction of sp³-hybridized carbons (Fsp3) is 0.200. The zero-order valence-electron chi connectivity index (χ0n) is 17.3. The number of rotatable bonds is 7. The van der Waals surface area contributed by atoms with Crippen LogP contribution in [0, 0.1) is 0 Å². The Balaban J connectivity index is 1.38. The second kappa shape index (κ2) is 9.71. The lowest BCUT2D eigenvalue weighted by Gasteiger charge is -2.18. The van der Waals surface area contributed by atoms with Gasteiger partial charge in [0, 0.05) is 29.2 Å². The molecule has 0 spiro atoms. The molecular weight excluding hydrogens is 408 g/mol. The summed E-state index contributed by atoms with van der Waals surface area (Å²) in [4.78, 5) is 28.1. The van der Waals surface area contributed by atoms with E-state index in [-0.39, 0.29) is 11.8 Å². The molecule has 0 bridgehead atoms. The van der Waals surface area contributed by atoms with Gasteiger partial charge in [0.25, 0.3) is 5.91 Å². The summed E-state index contributed by atoms with van der Waals surface area (Å²) in [5.74, 6) is 1.06. The average molecular weight is 433 g/mol. The van der Waals surface area contributed by atoms with E-state index in [1.165, 1.54) is 11.8 Å². The molecule has 1 aliphatic rings. The number of ether oxygens (including phenoxy) is 1. The number of amides is 2. The zero-order valence-corrected chi connectivity index (χ0v) is 18.2. The van der Waals surface area contributed by atoms with Crippen molar-refractivity contribution < 1.29 is 14.3 Å². The van der Waals surface area contributed by atoms with Gasteiger partial charge in [-0.2, -0.15) is 0 Å². The van der Waals surface area contributed by atoms with E-state index in [9.17, 15) is 9.59 Å². The normalized spacial score (nSPS) is 12.4. The van der Waals surface area contributed by atoms with Crippen molar-refractivity contribution >= 4 is 29.3 Å². The summed E-state index contributed by atoms with van der Waals surface area (Å²) in [5, 5.41) is 2.97. The molecule has 0 aromatic heterocycles. The molecule has 6 heteroatoms. The molecule has 0 radical (unpaired) electrons. The summed E-state index contributed by atoms with van der Waals surface area (Å²) in [6.45, 7) is 1.09. The average Bonchev–Trinajstić information content (AvgIpc) is 3.25. The van der Waals surface area contributed by atoms with Gasteiger partial charge in [-0.3, -0.25) is 9.59 Å².